The number of aliphatic imine (C=N–C) groups is 2. The van der Waals surface area contributed by atoms with E-state index in [9.17, 15) is 9.59 Å². The molecule has 0 radical (unpaired) electrons. The van der Waals surface area contributed by atoms with Crippen LogP contribution >= 0.6 is 0 Å². The minimum atomic E-state index is -0.649. The van der Waals surface area contributed by atoms with Crippen molar-refractivity contribution >= 4 is 46.5 Å². The van der Waals surface area contributed by atoms with E-state index in [4.69, 9.17) is 4.99 Å². The molecule has 0 unspecified atom stereocenters. The fraction of sp³-hybridized carbons (Fsp3) is 0.111. The third-order valence-corrected chi connectivity index (χ3v) is 5.58. The number of carbonyl (C=O) groups is 2. The van der Waals surface area contributed by atoms with Gasteiger partial charge in [0.15, 0.2) is 0 Å². The zero-order chi connectivity index (χ0) is 22.9. The summed E-state index contributed by atoms with van der Waals surface area (Å²) >= 11 is 0. The molecular weight excluding hydrogens is 598 g/mol. The van der Waals surface area contributed by atoms with Crippen LogP contribution in [-0.2, 0) is 41.8 Å². The molecule has 0 fully saturated rings. The van der Waals surface area contributed by atoms with E-state index >= 15 is 0 Å². The van der Waals surface area contributed by atoms with Crippen LogP contribution in [-0.4, -0.2) is 38.0 Å². The Morgan fingerprint density at radius 2 is 1.76 bits per heavy atom. The summed E-state index contributed by atoms with van der Waals surface area (Å²) in [4.78, 5) is 34.8. The molecule has 3 aromatic rings. The Balaban J connectivity index is 0.00000274. The van der Waals surface area contributed by atoms with Crippen molar-refractivity contribution in [2.45, 2.75) is 6.42 Å². The van der Waals surface area contributed by atoms with E-state index in [0.717, 1.165) is 33.8 Å². The third-order valence-electron chi connectivity index (χ3n) is 5.58. The number of fused-ring (bicyclic) bond motifs is 1. The number of hydrogen-bond donors (Lipinski definition) is 0. The number of esters is 2. The van der Waals surface area contributed by atoms with Crippen molar-refractivity contribution in [2.75, 3.05) is 19.0 Å². The minimum absolute atomic E-state index is 0. The van der Waals surface area contributed by atoms with Gasteiger partial charge in [0.05, 0.1) is 11.3 Å². The van der Waals surface area contributed by atoms with E-state index < -0.39 is 11.9 Å². The van der Waals surface area contributed by atoms with Crippen LogP contribution in [0.4, 0.5) is 17.1 Å². The average Bonchev–Trinajstić information content (AvgIpc) is 3.40. The van der Waals surface area contributed by atoms with Crippen molar-refractivity contribution in [3.05, 3.63) is 95.1 Å². The van der Waals surface area contributed by atoms with Gasteiger partial charge >= 0.3 is 11.9 Å². The van der Waals surface area contributed by atoms with Crippen molar-refractivity contribution in [3.63, 3.8) is 0 Å². The third kappa shape index (κ3) is 4.68. The van der Waals surface area contributed by atoms with E-state index in [1.165, 1.54) is 6.08 Å². The second-order valence-electron chi connectivity index (χ2n) is 8.01. The quantitative estimate of drug-likeness (QED) is 0.184. The first-order valence-electron chi connectivity index (χ1n) is 10.5. The standard InChI is InChI=1S/C27H20N3O3.W/c1-30(2)21-12-6-17(7-13-21)16-28-20-10-8-18(9-11-20)24-14-19-4-3-5-22(26(19)29-24)23-15-25(31)33-27(23)32;/h3,5-13,15-16H,14H2,1-2H3;/q-1;. The number of hydrogen-bond acceptors (Lipinski definition) is 6. The van der Waals surface area contributed by atoms with Gasteiger partial charge in [-0.15, -0.1) is 5.56 Å². The summed E-state index contributed by atoms with van der Waals surface area (Å²) in [5.41, 5.74) is 7.24. The van der Waals surface area contributed by atoms with Gasteiger partial charge in [0.1, 0.15) is 0 Å². The molecule has 0 spiro atoms. The van der Waals surface area contributed by atoms with Gasteiger partial charge in [-0.2, -0.15) is 18.2 Å². The molecule has 0 aliphatic carbocycles. The number of carbonyl (C=O) groups excluding carboxylic acids is 2. The Hall–Kier alpha value is -3.63. The zero-order valence-corrected chi connectivity index (χ0v) is 21.5. The van der Waals surface area contributed by atoms with Crippen LogP contribution in [0.15, 0.2) is 76.7 Å². The van der Waals surface area contributed by atoms with Gasteiger partial charge in [0, 0.05) is 58.9 Å². The van der Waals surface area contributed by atoms with E-state index in [1.54, 1.807) is 12.1 Å². The fourth-order valence-corrected chi connectivity index (χ4v) is 3.81. The summed E-state index contributed by atoms with van der Waals surface area (Å²) in [6, 6.07) is 22.7. The van der Waals surface area contributed by atoms with Crippen LogP contribution in [0, 0.1) is 6.07 Å². The average molecular weight is 618 g/mol. The van der Waals surface area contributed by atoms with E-state index in [0.29, 0.717) is 17.7 Å². The van der Waals surface area contributed by atoms with Gasteiger partial charge < -0.3 is 14.6 Å². The number of nitrogens with zero attached hydrogens (tertiary/aromatic N) is 3. The first-order chi connectivity index (χ1) is 16.0. The Labute approximate surface area is 212 Å². The summed E-state index contributed by atoms with van der Waals surface area (Å²) in [6.07, 6.45) is 3.65. The van der Waals surface area contributed by atoms with E-state index in [-0.39, 0.29) is 26.6 Å². The summed E-state index contributed by atoms with van der Waals surface area (Å²) in [6.45, 7) is 0. The van der Waals surface area contributed by atoms with Gasteiger partial charge in [0.2, 0.25) is 0 Å². The molecule has 2 aliphatic heterocycles. The summed E-state index contributed by atoms with van der Waals surface area (Å²) < 4.78 is 4.64. The maximum absolute atomic E-state index is 12.0. The molecule has 2 aliphatic rings. The van der Waals surface area contributed by atoms with Gasteiger partial charge in [-0.3, -0.25) is 4.99 Å². The smallest absolute Gasteiger partial charge is 0.344 e. The molecule has 0 N–H and O–H groups in total. The van der Waals surface area contributed by atoms with Gasteiger partial charge in [-0.1, -0.05) is 29.8 Å². The SMILES string of the molecule is CN(C)c1ccc(C=Nc2ccc(C3=Nc4c([c-]ccc4C4=CC(=O)OC4=O)C3)cc2)cc1.[W]. The summed E-state index contributed by atoms with van der Waals surface area (Å²) in [5.74, 6) is -1.29. The number of rotatable bonds is 5. The number of ether oxygens (including phenoxy) is 1. The van der Waals surface area contributed by atoms with Crippen LogP contribution in [0.25, 0.3) is 5.57 Å². The molecule has 3 aromatic carbocycles. The Bertz CT molecular complexity index is 1350. The van der Waals surface area contributed by atoms with Gasteiger partial charge in [-0.25, -0.2) is 9.59 Å². The summed E-state index contributed by atoms with van der Waals surface area (Å²) in [5, 5.41) is 0. The van der Waals surface area contributed by atoms with Crippen LogP contribution in [0.5, 0.6) is 0 Å². The molecule has 0 saturated carbocycles. The molecule has 2 heterocycles. The number of benzene rings is 3. The Morgan fingerprint density at radius 1 is 1.03 bits per heavy atom. The molecule has 34 heavy (non-hydrogen) atoms. The minimum Gasteiger partial charge on any atom is -0.386 e. The Morgan fingerprint density at radius 3 is 2.41 bits per heavy atom. The van der Waals surface area contributed by atoms with Gasteiger partial charge in [0.25, 0.3) is 0 Å². The van der Waals surface area contributed by atoms with Crippen LogP contribution in [0.1, 0.15) is 22.3 Å². The molecule has 5 rings (SSSR count). The van der Waals surface area contributed by atoms with E-state index in [2.05, 4.69) is 32.8 Å². The zero-order valence-electron chi connectivity index (χ0n) is 18.6. The monoisotopic (exact) mass is 618 g/mol. The molecule has 0 aromatic heterocycles. The largest absolute Gasteiger partial charge is 0.386 e. The molecule has 0 saturated heterocycles. The molecule has 0 amide bonds. The van der Waals surface area contributed by atoms with Crippen molar-refractivity contribution in [1.29, 1.82) is 0 Å². The van der Waals surface area contributed by atoms with Crippen LogP contribution < -0.4 is 4.90 Å². The normalized spacial score (nSPS) is 14.4. The van der Waals surface area contributed by atoms with Crippen LogP contribution in [0.3, 0.4) is 0 Å². The van der Waals surface area contributed by atoms with Crippen molar-refractivity contribution in [3.8, 4) is 0 Å². The summed E-state index contributed by atoms with van der Waals surface area (Å²) in [7, 11) is 4.02. The fourth-order valence-electron chi connectivity index (χ4n) is 3.81. The number of anilines is 1. The predicted molar refractivity (Wildman–Crippen MR) is 129 cm³/mol. The van der Waals surface area contributed by atoms with Crippen molar-refractivity contribution in [2.24, 2.45) is 9.98 Å². The number of cyclic esters (lactones) is 2. The molecular formula is C27H20N3O3W-. The Kier molecular flexibility index (Phi) is 6.71. The van der Waals surface area contributed by atoms with Crippen molar-refractivity contribution < 1.29 is 35.4 Å². The first kappa shape index (κ1) is 23.5. The van der Waals surface area contributed by atoms with Crippen LogP contribution in [0.2, 0.25) is 0 Å². The maximum atomic E-state index is 12.0. The molecule has 0 atom stereocenters. The second kappa shape index (κ2) is 9.70. The predicted octanol–water partition coefficient (Wildman–Crippen LogP) is 4.44. The molecule has 6 nitrogen and oxygen atoms in total. The molecule has 0 bridgehead atoms. The van der Waals surface area contributed by atoms with Crippen molar-refractivity contribution in [1.82, 2.24) is 0 Å². The molecule has 7 heteroatoms. The molecule has 168 valence electrons. The van der Waals surface area contributed by atoms with Gasteiger partial charge in [-0.05, 0) is 47.5 Å². The topological polar surface area (TPSA) is 71.3 Å². The maximum Gasteiger partial charge on any atom is 0.344 e. The second-order valence-corrected chi connectivity index (χ2v) is 8.01. The van der Waals surface area contributed by atoms with E-state index in [1.807, 2.05) is 56.7 Å². The first-order valence-corrected chi connectivity index (χ1v) is 10.5.